The number of ether oxygens (including phenoxy) is 1. The third-order valence-corrected chi connectivity index (χ3v) is 3.93. The van der Waals surface area contributed by atoms with Crippen LogP contribution in [0.2, 0.25) is 5.02 Å². The molecule has 0 fully saturated rings. The molecule has 19 heavy (non-hydrogen) atoms. The van der Waals surface area contributed by atoms with Crippen LogP contribution in [-0.2, 0) is 0 Å². The number of hydrogen-bond donors (Lipinski definition) is 2. The predicted octanol–water partition coefficient (Wildman–Crippen LogP) is 2.84. The van der Waals surface area contributed by atoms with Crippen LogP contribution in [-0.4, -0.2) is 26.1 Å². The van der Waals surface area contributed by atoms with Crippen LogP contribution in [0.3, 0.4) is 0 Å². The van der Waals surface area contributed by atoms with Crippen molar-refractivity contribution in [1.29, 1.82) is 0 Å². The second-order valence-electron chi connectivity index (χ2n) is 3.72. The molecule has 0 saturated carbocycles. The molecule has 0 radical (unpaired) electrons. The van der Waals surface area contributed by atoms with Gasteiger partial charge in [0, 0.05) is 10.1 Å². The highest BCUT2D eigenvalue weighted by molar-refractivity contribution is 14.1. The Morgan fingerprint density at radius 2 is 2.16 bits per heavy atom. The number of methoxy groups -OCH3 is 1. The first-order chi connectivity index (χ1) is 8.60. The maximum Gasteiger partial charge on any atom is 0.255 e. The maximum absolute atomic E-state index is 12.0. The average molecular weight is 419 g/mol. The molecule has 0 aliphatic carbocycles. The van der Waals surface area contributed by atoms with Crippen molar-refractivity contribution in [2.24, 2.45) is 5.73 Å². The fourth-order valence-electron chi connectivity index (χ4n) is 1.44. The van der Waals surface area contributed by atoms with Crippen molar-refractivity contribution >= 4 is 52.5 Å². The van der Waals surface area contributed by atoms with E-state index in [1.807, 2.05) is 0 Å². The molecule has 0 unspecified atom stereocenters. The van der Waals surface area contributed by atoms with Gasteiger partial charge in [-0.15, -0.1) is 12.4 Å². The minimum Gasteiger partial charge on any atom is -0.496 e. The van der Waals surface area contributed by atoms with E-state index < -0.39 is 0 Å². The Balaban J connectivity index is 0.00000324. The Bertz CT molecular complexity index is 430. The summed E-state index contributed by atoms with van der Waals surface area (Å²) in [6, 6.07) is 3.37. The summed E-state index contributed by atoms with van der Waals surface area (Å²) in [6.07, 6.45) is 1.76. The van der Waals surface area contributed by atoms with Crippen LogP contribution in [0.15, 0.2) is 12.1 Å². The number of benzene rings is 1. The molecule has 0 spiro atoms. The highest BCUT2D eigenvalue weighted by atomic mass is 127. The van der Waals surface area contributed by atoms with Gasteiger partial charge >= 0.3 is 0 Å². The zero-order valence-electron chi connectivity index (χ0n) is 10.5. The number of nitrogens with one attached hydrogen (secondary N) is 1. The number of unbranched alkanes of at least 4 members (excludes halogenated alkanes) is 1. The molecule has 1 amide bonds. The number of halogens is 3. The van der Waals surface area contributed by atoms with Crippen LogP contribution < -0.4 is 15.8 Å². The number of rotatable bonds is 6. The van der Waals surface area contributed by atoms with Crippen LogP contribution in [0.5, 0.6) is 5.75 Å². The van der Waals surface area contributed by atoms with E-state index in [2.05, 4.69) is 27.9 Å². The van der Waals surface area contributed by atoms with Gasteiger partial charge in [-0.3, -0.25) is 4.79 Å². The Hall–Kier alpha value is -0.240. The van der Waals surface area contributed by atoms with Crippen LogP contribution in [0.4, 0.5) is 0 Å². The molecule has 1 aromatic rings. The zero-order valence-corrected chi connectivity index (χ0v) is 14.3. The second kappa shape index (κ2) is 9.63. The van der Waals surface area contributed by atoms with E-state index in [-0.39, 0.29) is 18.3 Å². The van der Waals surface area contributed by atoms with Crippen LogP contribution in [0.25, 0.3) is 0 Å². The number of carbonyl (C=O) groups excluding carboxylic acids is 1. The molecule has 0 aromatic heterocycles. The van der Waals surface area contributed by atoms with Crippen molar-refractivity contribution in [3.8, 4) is 5.75 Å². The highest BCUT2D eigenvalue weighted by Gasteiger charge is 2.14. The maximum atomic E-state index is 12.0. The van der Waals surface area contributed by atoms with Gasteiger partial charge in [0.05, 0.1) is 17.7 Å². The first kappa shape index (κ1) is 18.8. The Labute approximate surface area is 138 Å². The Kier molecular flexibility index (Phi) is 9.51. The molecular weight excluding hydrogens is 402 g/mol. The molecule has 7 heteroatoms. The minimum absolute atomic E-state index is 0. The van der Waals surface area contributed by atoms with Crippen molar-refractivity contribution in [1.82, 2.24) is 5.32 Å². The van der Waals surface area contributed by atoms with E-state index in [1.165, 1.54) is 7.11 Å². The summed E-state index contributed by atoms with van der Waals surface area (Å²) in [5.41, 5.74) is 5.84. The van der Waals surface area contributed by atoms with Gasteiger partial charge in [0.2, 0.25) is 0 Å². The highest BCUT2D eigenvalue weighted by Crippen LogP contribution is 2.28. The predicted molar refractivity (Wildman–Crippen MR) is 88.6 cm³/mol. The van der Waals surface area contributed by atoms with Gasteiger partial charge in [-0.1, -0.05) is 11.6 Å². The molecule has 0 aliphatic rings. The van der Waals surface area contributed by atoms with E-state index in [0.29, 0.717) is 29.4 Å². The summed E-state index contributed by atoms with van der Waals surface area (Å²) >= 11 is 8.11. The van der Waals surface area contributed by atoms with Crippen LogP contribution in [0.1, 0.15) is 23.2 Å². The summed E-state index contributed by atoms with van der Waals surface area (Å²) in [5.74, 6) is 0.349. The summed E-state index contributed by atoms with van der Waals surface area (Å²) in [4.78, 5) is 12.0. The summed E-state index contributed by atoms with van der Waals surface area (Å²) in [5, 5.41) is 3.36. The molecule has 0 heterocycles. The molecule has 4 nitrogen and oxygen atoms in total. The lowest BCUT2D eigenvalue weighted by molar-refractivity contribution is 0.0950. The molecule has 0 atom stereocenters. The summed E-state index contributed by atoms with van der Waals surface area (Å²) < 4.78 is 6.04. The van der Waals surface area contributed by atoms with Crippen LogP contribution >= 0.6 is 46.6 Å². The number of nitrogens with two attached hydrogens (primary N) is 1. The fourth-order valence-corrected chi connectivity index (χ4v) is 2.04. The van der Waals surface area contributed by atoms with E-state index in [4.69, 9.17) is 22.1 Å². The lowest BCUT2D eigenvalue weighted by Gasteiger charge is -2.10. The van der Waals surface area contributed by atoms with E-state index >= 15 is 0 Å². The van der Waals surface area contributed by atoms with Gasteiger partial charge in [0.1, 0.15) is 5.75 Å². The SMILES string of the molecule is COc1cc(I)c(Cl)cc1C(=O)NCCCCN.Cl. The summed E-state index contributed by atoms with van der Waals surface area (Å²) in [6.45, 7) is 1.23. The molecule has 0 saturated heterocycles. The van der Waals surface area contributed by atoms with Gasteiger partial charge in [-0.2, -0.15) is 0 Å². The number of hydrogen-bond acceptors (Lipinski definition) is 3. The molecule has 0 aliphatic heterocycles. The fraction of sp³-hybridized carbons (Fsp3) is 0.417. The molecule has 108 valence electrons. The number of amides is 1. The average Bonchev–Trinajstić information content (AvgIpc) is 2.37. The van der Waals surface area contributed by atoms with Crippen molar-refractivity contribution in [2.45, 2.75) is 12.8 Å². The van der Waals surface area contributed by atoms with E-state index in [9.17, 15) is 4.79 Å². The quantitative estimate of drug-likeness (QED) is 0.551. The Morgan fingerprint density at radius 3 is 2.74 bits per heavy atom. The first-order valence-electron chi connectivity index (χ1n) is 5.61. The van der Waals surface area contributed by atoms with Gasteiger partial charge < -0.3 is 15.8 Å². The molecule has 0 bridgehead atoms. The van der Waals surface area contributed by atoms with Crippen molar-refractivity contribution in [2.75, 3.05) is 20.2 Å². The monoisotopic (exact) mass is 418 g/mol. The molecule has 3 N–H and O–H groups in total. The van der Waals surface area contributed by atoms with Gasteiger partial charge in [-0.25, -0.2) is 0 Å². The normalized spacial score (nSPS) is 9.68. The third kappa shape index (κ3) is 5.72. The van der Waals surface area contributed by atoms with Crippen molar-refractivity contribution in [3.63, 3.8) is 0 Å². The standard InChI is InChI=1S/C12H16ClIN2O2.ClH/c1-18-11-7-10(14)9(13)6-8(11)12(17)16-5-3-2-4-15;/h6-7H,2-5,15H2,1H3,(H,16,17);1H. The second-order valence-corrected chi connectivity index (χ2v) is 5.29. The smallest absolute Gasteiger partial charge is 0.255 e. The van der Waals surface area contributed by atoms with Crippen LogP contribution in [0, 0.1) is 3.57 Å². The minimum atomic E-state index is -0.179. The topological polar surface area (TPSA) is 64.3 Å². The van der Waals surface area contributed by atoms with E-state index in [0.717, 1.165) is 16.4 Å². The summed E-state index contributed by atoms with van der Waals surface area (Å²) in [7, 11) is 1.53. The van der Waals surface area contributed by atoms with Gasteiger partial charge in [0.15, 0.2) is 0 Å². The van der Waals surface area contributed by atoms with Gasteiger partial charge in [0.25, 0.3) is 5.91 Å². The van der Waals surface area contributed by atoms with Gasteiger partial charge in [-0.05, 0) is 54.1 Å². The van der Waals surface area contributed by atoms with E-state index in [1.54, 1.807) is 12.1 Å². The van der Waals surface area contributed by atoms with Crippen molar-refractivity contribution in [3.05, 3.63) is 26.3 Å². The number of carbonyl (C=O) groups is 1. The zero-order chi connectivity index (χ0) is 13.5. The third-order valence-electron chi connectivity index (χ3n) is 2.40. The lowest BCUT2D eigenvalue weighted by atomic mass is 10.2. The first-order valence-corrected chi connectivity index (χ1v) is 7.07. The lowest BCUT2D eigenvalue weighted by Crippen LogP contribution is -2.25. The molecule has 1 rings (SSSR count). The molecule has 1 aromatic carbocycles. The Morgan fingerprint density at radius 1 is 1.47 bits per heavy atom. The largest absolute Gasteiger partial charge is 0.496 e. The van der Waals surface area contributed by atoms with Crippen molar-refractivity contribution < 1.29 is 9.53 Å². The molecular formula is C12H17Cl2IN2O2.